The number of aliphatic hydroxyl groups is 1. The summed E-state index contributed by atoms with van der Waals surface area (Å²) < 4.78 is 28.9. The molecule has 1 amide bonds. The van der Waals surface area contributed by atoms with Crippen LogP contribution in [0, 0.1) is 10.1 Å². The number of benzene rings is 3. The van der Waals surface area contributed by atoms with E-state index in [9.17, 15) is 29.6 Å². The Balaban J connectivity index is 1.23. The van der Waals surface area contributed by atoms with Gasteiger partial charge in [-0.25, -0.2) is 9.59 Å². The Kier molecular flexibility index (Phi) is 10.6. The van der Waals surface area contributed by atoms with Crippen molar-refractivity contribution in [3.63, 3.8) is 0 Å². The molecule has 1 aliphatic heterocycles. The number of aliphatic hydroxyl groups excluding tert-OH is 1. The summed E-state index contributed by atoms with van der Waals surface area (Å²) in [5.41, 5.74) is 0.129. The number of rotatable bonds is 12. The number of nitrogens with one attached hydrogen (secondary N) is 1. The molecule has 0 unspecified atom stereocenters. The van der Waals surface area contributed by atoms with E-state index < -0.39 is 53.8 Å². The Labute approximate surface area is 273 Å². The number of nitro benzene ring substituents is 1. The van der Waals surface area contributed by atoms with Gasteiger partial charge in [-0.1, -0.05) is 48.5 Å². The molecule has 3 aromatic carbocycles. The predicted octanol–water partition coefficient (Wildman–Crippen LogP) is 4.55. The van der Waals surface area contributed by atoms with E-state index in [2.05, 4.69) is 10.3 Å². The number of aromatic nitrogens is 2. The van der Waals surface area contributed by atoms with E-state index in [0.717, 1.165) is 10.1 Å². The summed E-state index contributed by atoms with van der Waals surface area (Å²) in [4.78, 5) is 53.3. The Morgan fingerprint density at radius 2 is 1.81 bits per heavy atom. The van der Waals surface area contributed by atoms with Gasteiger partial charge in [0.05, 0.1) is 30.3 Å². The predicted molar refractivity (Wildman–Crippen MR) is 169 cm³/mol. The number of nitrogens with zero attached hydrogens (tertiary/aromatic N) is 3. The van der Waals surface area contributed by atoms with Gasteiger partial charge in [-0.2, -0.15) is 4.98 Å². The molecule has 4 atom stereocenters. The highest BCUT2D eigenvalue weighted by molar-refractivity contribution is 6.03. The highest BCUT2D eigenvalue weighted by Crippen LogP contribution is 2.39. The number of ether oxygens (including phenoxy) is 5. The number of amides is 1. The first kappa shape index (κ1) is 33.6. The second-order valence-corrected chi connectivity index (χ2v) is 10.6. The molecule has 15 nitrogen and oxygen atoms in total. The van der Waals surface area contributed by atoms with Gasteiger partial charge in [-0.05, 0) is 36.8 Å². The van der Waals surface area contributed by atoms with Crippen molar-refractivity contribution in [2.24, 2.45) is 0 Å². The number of methoxy groups -OCH3 is 1. The van der Waals surface area contributed by atoms with Crippen LogP contribution in [0.3, 0.4) is 0 Å². The van der Waals surface area contributed by atoms with E-state index in [1.165, 1.54) is 38.4 Å². The fourth-order valence-electron chi connectivity index (χ4n) is 5.05. The molecule has 48 heavy (non-hydrogen) atoms. The molecule has 1 aliphatic rings. The maximum absolute atomic E-state index is 12.9. The van der Waals surface area contributed by atoms with Crippen molar-refractivity contribution >= 4 is 23.6 Å². The molecule has 4 aromatic rings. The molecule has 1 aromatic heterocycles. The third-order valence-corrected chi connectivity index (χ3v) is 7.48. The summed E-state index contributed by atoms with van der Waals surface area (Å²) in [5, 5.41) is 24.4. The van der Waals surface area contributed by atoms with Gasteiger partial charge >= 0.3 is 11.8 Å². The van der Waals surface area contributed by atoms with E-state index in [4.69, 9.17) is 23.7 Å². The summed E-state index contributed by atoms with van der Waals surface area (Å²) in [6.45, 7) is 1.01. The molecule has 250 valence electrons. The lowest BCUT2D eigenvalue weighted by Crippen LogP contribution is -2.30. The van der Waals surface area contributed by atoms with Crippen molar-refractivity contribution in [1.29, 1.82) is 0 Å². The Morgan fingerprint density at radius 3 is 2.46 bits per heavy atom. The molecule has 0 radical (unpaired) electrons. The van der Waals surface area contributed by atoms with Crippen LogP contribution in [0.25, 0.3) is 0 Å². The Bertz CT molecular complexity index is 1820. The van der Waals surface area contributed by atoms with E-state index in [1.54, 1.807) is 30.3 Å². The SMILES string of the molecule is COc1cc([C@@H](C)OC(=O)O[C@H]2C[C@H](n3ccc(NC(=O)c4ccccc4)nc3=O)O[C@@H]2CO)c([N+](=O)[O-])cc1OCc1ccccc1. The number of carbonyl (C=O) groups is 2. The molecule has 0 saturated carbocycles. The van der Waals surface area contributed by atoms with Crippen LogP contribution in [0.1, 0.15) is 47.2 Å². The number of hydrogen-bond donors (Lipinski definition) is 2. The maximum atomic E-state index is 12.9. The molecule has 2 heterocycles. The van der Waals surface area contributed by atoms with Gasteiger partial charge < -0.3 is 34.1 Å². The zero-order valence-electron chi connectivity index (χ0n) is 25.9. The van der Waals surface area contributed by atoms with Gasteiger partial charge in [0, 0.05) is 18.2 Å². The number of carbonyl (C=O) groups excluding carboxylic acids is 2. The normalized spacial score (nSPS) is 17.6. The highest BCUT2D eigenvalue weighted by atomic mass is 16.7. The summed E-state index contributed by atoms with van der Waals surface area (Å²) >= 11 is 0. The van der Waals surface area contributed by atoms with Crippen LogP contribution in [0.4, 0.5) is 16.3 Å². The molecule has 5 rings (SSSR count). The largest absolute Gasteiger partial charge is 0.509 e. The van der Waals surface area contributed by atoms with E-state index >= 15 is 0 Å². The lowest BCUT2D eigenvalue weighted by Gasteiger charge is -2.19. The standard InChI is InChI=1S/C33H32N4O11/c1-20(23-15-25(44-2)26(16-24(23)37(42)43)45-19-21-9-5-3-6-10-21)46-33(41)48-27-17-30(47-28(27)18-38)36-14-13-29(35-32(36)40)34-31(39)22-11-7-4-8-12-22/h3-16,20,27-28,30,38H,17-19H2,1-2H3,(H,34,35,39,40)/t20-,27+,28-,30-/m1/s1. The van der Waals surface area contributed by atoms with Gasteiger partial charge in [0.2, 0.25) is 0 Å². The Morgan fingerprint density at radius 1 is 1.10 bits per heavy atom. The van der Waals surface area contributed by atoms with Gasteiger partial charge in [-0.3, -0.25) is 19.5 Å². The lowest BCUT2D eigenvalue weighted by atomic mass is 10.1. The molecule has 0 spiro atoms. The minimum atomic E-state index is -1.18. The zero-order chi connectivity index (χ0) is 34.2. The zero-order valence-corrected chi connectivity index (χ0v) is 25.9. The van der Waals surface area contributed by atoms with Crippen LogP contribution < -0.4 is 20.5 Å². The fourth-order valence-corrected chi connectivity index (χ4v) is 5.05. The van der Waals surface area contributed by atoms with E-state index in [-0.39, 0.29) is 41.6 Å². The van der Waals surface area contributed by atoms with Crippen LogP contribution in [-0.4, -0.2) is 57.6 Å². The van der Waals surface area contributed by atoms with Crippen LogP contribution in [0.2, 0.25) is 0 Å². The second kappa shape index (κ2) is 15.2. The van der Waals surface area contributed by atoms with Gasteiger partial charge in [0.25, 0.3) is 11.6 Å². The minimum absolute atomic E-state index is 0.0219. The Hall–Kier alpha value is -5.80. The topological polar surface area (TPSA) is 191 Å². The van der Waals surface area contributed by atoms with Gasteiger partial charge in [0.15, 0.2) is 11.5 Å². The van der Waals surface area contributed by atoms with Gasteiger partial charge in [-0.15, -0.1) is 0 Å². The number of nitro groups is 1. The first-order valence-corrected chi connectivity index (χ1v) is 14.8. The van der Waals surface area contributed by atoms with E-state index in [1.807, 2.05) is 30.3 Å². The second-order valence-electron chi connectivity index (χ2n) is 10.6. The molecule has 2 N–H and O–H groups in total. The molecule has 1 saturated heterocycles. The minimum Gasteiger partial charge on any atom is -0.493 e. The molecular formula is C33H32N4O11. The van der Waals surface area contributed by atoms with Crippen LogP contribution >= 0.6 is 0 Å². The van der Waals surface area contributed by atoms with Crippen LogP contribution in [0.5, 0.6) is 11.5 Å². The quantitative estimate of drug-likeness (QED) is 0.123. The summed E-state index contributed by atoms with van der Waals surface area (Å²) in [6, 6.07) is 21.6. The van der Waals surface area contributed by atoms with Crippen molar-refractivity contribution in [3.05, 3.63) is 122 Å². The fraction of sp³-hybridized carbons (Fsp3) is 0.273. The van der Waals surface area contributed by atoms with Gasteiger partial charge in [0.1, 0.15) is 37.0 Å². The van der Waals surface area contributed by atoms with Crippen molar-refractivity contribution in [2.45, 2.75) is 44.5 Å². The van der Waals surface area contributed by atoms with Crippen molar-refractivity contribution in [3.8, 4) is 11.5 Å². The molecule has 0 aliphatic carbocycles. The third kappa shape index (κ3) is 7.94. The summed E-state index contributed by atoms with van der Waals surface area (Å²) in [6.07, 6.45) is -4.06. The van der Waals surface area contributed by atoms with Crippen molar-refractivity contribution in [2.75, 3.05) is 19.0 Å². The van der Waals surface area contributed by atoms with Crippen LogP contribution in [-0.2, 0) is 20.8 Å². The average Bonchev–Trinajstić information content (AvgIpc) is 3.49. The number of anilines is 1. The molecule has 15 heteroatoms. The first-order valence-electron chi connectivity index (χ1n) is 14.8. The average molecular weight is 661 g/mol. The lowest BCUT2D eigenvalue weighted by molar-refractivity contribution is -0.386. The highest BCUT2D eigenvalue weighted by Gasteiger charge is 2.40. The molecular weight excluding hydrogens is 628 g/mol. The number of hydrogen-bond acceptors (Lipinski definition) is 12. The molecule has 1 fully saturated rings. The first-order chi connectivity index (χ1) is 23.2. The monoisotopic (exact) mass is 660 g/mol. The maximum Gasteiger partial charge on any atom is 0.509 e. The summed E-state index contributed by atoms with van der Waals surface area (Å²) in [7, 11) is 1.38. The smallest absolute Gasteiger partial charge is 0.493 e. The third-order valence-electron chi connectivity index (χ3n) is 7.48. The summed E-state index contributed by atoms with van der Waals surface area (Å²) in [5.74, 6) is -0.112. The van der Waals surface area contributed by atoms with Crippen molar-refractivity contribution < 1.29 is 43.3 Å². The van der Waals surface area contributed by atoms with E-state index in [0.29, 0.717) is 5.56 Å². The van der Waals surface area contributed by atoms with Crippen molar-refractivity contribution in [1.82, 2.24) is 9.55 Å². The van der Waals surface area contributed by atoms with Crippen LogP contribution in [0.15, 0.2) is 89.9 Å². The molecule has 0 bridgehead atoms.